The monoisotopic (exact) mass is 498 g/mol. The molecule has 0 radical (unpaired) electrons. The Morgan fingerprint density at radius 1 is 1.22 bits per heavy atom. The summed E-state index contributed by atoms with van der Waals surface area (Å²) in [7, 11) is 0. The van der Waals surface area contributed by atoms with Crippen molar-refractivity contribution in [2.75, 3.05) is 6.61 Å². The second-order valence-corrected chi connectivity index (χ2v) is 12.1. The van der Waals surface area contributed by atoms with Gasteiger partial charge in [-0.05, 0) is 86.5 Å². The Morgan fingerprint density at radius 2 is 1.94 bits per heavy atom. The first-order chi connectivity index (χ1) is 17.0. The molecule has 4 rings (SSSR count). The molecule has 3 saturated carbocycles. The van der Waals surface area contributed by atoms with Crippen LogP contribution in [0, 0.1) is 46.8 Å². The van der Waals surface area contributed by atoms with Gasteiger partial charge in [-0.25, -0.2) is 4.79 Å². The molecule has 0 aromatic heterocycles. The molecule has 36 heavy (non-hydrogen) atoms. The van der Waals surface area contributed by atoms with Crippen LogP contribution in [-0.4, -0.2) is 46.1 Å². The van der Waals surface area contributed by atoms with E-state index < -0.39 is 23.5 Å². The number of rotatable bonds is 7. The van der Waals surface area contributed by atoms with E-state index in [2.05, 4.69) is 36.3 Å². The van der Waals surface area contributed by atoms with E-state index in [9.17, 15) is 19.8 Å². The van der Waals surface area contributed by atoms with E-state index in [-0.39, 0.29) is 23.4 Å². The highest BCUT2D eigenvalue weighted by Gasteiger charge is 2.63. The number of hydrogen-bond acceptors (Lipinski definition) is 5. The number of allylic oxidation sites excluding steroid dienone is 2. The Morgan fingerprint density at radius 3 is 2.61 bits per heavy atom. The molecule has 198 valence electrons. The van der Waals surface area contributed by atoms with Gasteiger partial charge in [0.1, 0.15) is 11.6 Å². The van der Waals surface area contributed by atoms with Crippen LogP contribution in [0.4, 0.5) is 0 Å². The van der Waals surface area contributed by atoms with E-state index >= 15 is 0 Å². The van der Waals surface area contributed by atoms with Gasteiger partial charge in [-0.1, -0.05) is 50.8 Å². The van der Waals surface area contributed by atoms with E-state index in [1.165, 1.54) is 5.57 Å². The summed E-state index contributed by atoms with van der Waals surface area (Å²) in [5.41, 5.74) is 1.20. The first-order valence-electron chi connectivity index (χ1n) is 13.6. The predicted octanol–water partition coefficient (Wildman–Crippen LogP) is 4.30. The molecule has 0 bridgehead atoms. The fourth-order valence-corrected chi connectivity index (χ4v) is 7.97. The number of hydrogen-bond donors (Lipinski definition) is 3. The number of amides is 1. The lowest BCUT2D eigenvalue weighted by molar-refractivity contribution is -0.144. The smallest absolute Gasteiger partial charge is 0.326 e. The number of carbonyl (C=O) groups excluding carboxylic acids is 1. The number of carboxylic acid groups (broad SMARTS) is 1. The van der Waals surface area contributed by atoms with Crippen molar-refractivity contribution in [1.29, 1.82) is 0 Å². The van der Waals surface area contributed by atoms with Crippen LogP contribution in [-0.2, 0) is 14.4 Å². The van der Waals surface area contributed by atoms with Crippen LogP contribution in [0.1, 0.15) is 85.5 Å². The van der Waals surface area contributed by atoms with E-state index in [4.69, 9.17) is 11.3 Å². The van der Waals surface area contributed by atoms with Gasteiger partial charge in [0.2, 0.25) is 0 Å². The van der Waals surface area contributed by atoms with Crippen LogP contribution in [0.2, 0.25) is 0 Å². The molecule has 3 N–H and O–H groups in total. The third kappa shape index (κ3) is 4.36. The molecule has 0 aromatic rings. The lowest BCUT2D eigenvalue weighted by atomic mass is 9.46. The third-order valence-electron chi connectivity index (χ3n) is 10.5. The predicted molar refractivity (Wildman–Crippen MR) is 138 cm³/mol. The molecule has 4 aliphatic rings. The first-order valence-corrected chi connectivity index (χ1v) is 13.6. The summed E-state index contributed by atoms with van der Waals surface area (Å²) in [6.07, 6.45) is 16.3. The van der Waals surface area contributed by atoms with E-state index in [1.54, 1.807) is 6.92 Å². The Hall–Kier alpha value is -2.33. The molecule has 0 heterocycles. The molecule has 0 unspecified atom stereocenters. The van der Waals surface area contributed by atoms with Crippen LogP contribution < -0.4 is 5.32 Å². The lowest BCUT2D eigenvalue weighted by Gasteiger charge is -2.58. The maximum absolute atomic E-state index is 12.2. The Kier molecular flexibility index (Phi) is 7.31. The minimum atomic E-state index is -1.04. The Bertz CT molecular complexity index is 998. The van der Waals surface area contributed by atoms with Gasteiger partial charge in [-0.3, -0.25) is 4.79 Å². The number of terminal acetylenes is 1. The van der Waals surface area contributed by atoms with Crippen molar-refractivity contribution in [2.24, 2.45) is 39.7 Å². The Labute approximate surface area is 215 Å². The maximum atomic E-state index is 12.2. The van der Waals surface area contributed by atoms with Crippen molar-refractivity contribution in [3.8, 4) is 12.3 Å². The average molecular weight is 499 g/mol. The van der Waals surface area contributed by atoms with Crippen LogP contribution in [0.3, 0.4) is 0 Å². The van der Waals surface area contributed by atoms with Gasteiger partial charge in [-0.15, -0.1) is 6.42 Å². The molecule has 0 spiro atoms. The minimum Gasteiger partial charge on any atom is -0.480 e. The van der Waals surface area contributed by atoms with Crippen molar-refractivity contribution >= 4 is 17.6 Å². The summed E-state index contributed by atoms with van der Waals surface area (Å²) in [6, 6.07) is -0.930. The number of oxime groups is 1. The summed E-state index contributed by atoms with van der Waals surface area (Å²) in [5, 5.41) is 27.3. The fraction of sp³-hybridized carbons (Fsp3) is 0.759. The third-order valence-corrected chi connectivity index (χ3v) is 10.5. The van der Waals surface area contributed by atoms with Crippen molar-refractivity contribution in [2.45, 2.75) is 97.1 Å². The van der Waals surface area contributed by atoms with Gasteiger partial charge in [0.05, 0.1) is 5.71 Å². The van der Waals surface area contributed by atoms with Crippen LogP contribution in [0.5, 0.6) is 0 Å². The van der Waals surface area contributed by atoms with Crippen LogP contribution in [0.15, 0.2) is 16.8 Å². The molecule has 0 aliphatic heterocycles. The standard InChI is InChI=1S/C29H42N2O5/c1-6-18(3)25(26(33)34)30-24(32)17-36-31-20-10-13-27(4)19(16-20)8-9-21-22(27)11-14-28(5)23(21)12-15-29(28,35)7-2/h2,16,18,21-23,25,35H,6,8-15,17H2,1,3-5H3,(H,30,32)(H,33,34)/b31-20-/t18-,21+,22-,23-,25-,27-,28-,29+/m0/s1. The summed E-state index contributed by atoms with van der Waals surface area (Å²) in [6.45, 7) is 8.01. The quantitative estimate of drug-likeness (QED) is 0.358. The van der Waals surface area contributed by atoms with E-state index in [0.717, 1.165) is 50.7 Å². The van der Waals surface area contributed by atoms with Crippen molar-refractivity contribution < 1.29 is 24.6 Å². The molecular formula is C29H42N2O5. The van der Waals surface area contributed by atoms with E-state index in [0.29, 0.717) is 30.6 Å². The zero-order valence-corrected chi connectivity index (χ0v) is 22.2. The number of nitrogens with one attached hydrogen (secondary N) is 1. The Balaban J connectivity index is 1.40. The minimum absolute atomic E-state index is 0.114. The molecule has 0 aromatic carbocycles. The summed E-state index contributed by atoms with van der Waals surface area (Å²) in [5.74, 6) is 2.70. The topological polar surface area (TPSA) is 108 Å². The van der Waals surface area contributed by atoms with Crippen molar-refractivity contribution in [3.63, 3.8) is 0 Å². The van der Waals surface area contributed by atoms with Crippen molar-refractivity contribution in [1.82, 2.24) is 5.32 Å². The normalized spacial score (nSPS) is 40.1. The fourth-order valence-electron chi connectivity index (χ4n) is 7.97. The maximum Gasteiger partial charge on any atom is 0.326 e. The van der Waals surface area contributed by atoms with Gasteiger partial charge in [0.15, 0.2) is 6.61 Å². The van der Waals surface area contributed by atoms with Crippen molar-refractivity contribution in [3.05, 3.63) is 11.6 Å². The second-order valence-electron chi connectivity index (χ2n) is 12.1. The molecule has 8 atom stereocenters. The van der Waals surface area contributed by atoms with Gasteiger partial charge in [-0.2, -0.15) is 0 Å². The average Bonchev–Trinajstić information content (AvgIpc) is 3.13. The van der Waals surface area contributed by atoms with E-state index in [1.807, 2.05) is 6.92 Å². The largest absolute Gasteiger partial charge is 0.480 e. The van der Waals surface area contributed by atoms with Crippen LogP contribution >= 0.6 is 0 Å². The summed E-state index contributed by atoms with van der Waals surface area (Å²) in [4.78, 5) is 29.0. The number of aliphatic carboxylic acids is 1. The first kappa shape index (κ1) is 26.7. The molecular weight excluding hydrogens is 456 g/mol. The highest BCUT2D eigenvalue weighted by Crippen LogP contribution is 2.67. The second kappa shape index (κ2) is 9.85. The summed E-state index contributed by atoms with van der Waals surface area (Å²) < 4.78 is 0. The molecule has 7 nitrogen and oxygen atoms in total. The molecule has 0 saturated heterocycles. The molecule has 4 aliphatic carbocycles. The number of fused-ring (bicyclic) bond motifs is 5. The van der Waals surface area contributed by atoms with Gasteiger partial charge in [0, 0.05) is 5.41 Å². The zero-order chi connectivity index (χ0) is 26.3. The van der Waals surface area contributed by atoms with Gasteiger partial charge >= 0.3 is 5.97 Å². The lowest BCUT2D eigenvalue weighted by Crippen LogP contribution is -2.54. The number of carbonyl (C=O) groups is 2. The van der Waals surface area contributed by atoms with Gasteiger partial charge in [0.25, 0.3) is 5.91 Å². The molecule has 3 fully saturated rings. The number of aliphatic hydroxyl groups is 1. The van der Waals surface area contributed by atoms with Crippen LogP contribution in [0.25, 0.3) is 0 Å². The molecule has 7 heteroatoms. The highest BCUT2D eigenvalue weighted by atomic mass is 16.6. The summed E-state index contributed by atoms with van der Waals surface area (Å²) >= 11 is 0. The number of carboxylic acids is 1. The number of nitrogens with zero attached hydrogens (tertiary/aromatic N) is 1. The molecule has 1 amide bonds. The zero-order valence-electron chi connectivity index (χ0n) is 22.2. The van der Waals surface area contributed by atoms with Gasteiger partial charge < -0.3 is 20.4 Å². The SMILES string of the molecule is C#C[C@@]1(O)CC[C@H]2[C@@H]3CCC4=C/C(=N\OCC(=O)N[C@H](C(=O)O)[C@@H](C)CC)CC[C@]4(C)[C@H]3CC[C@@]21C. The highest BCUT2D eigenvalue weighted by molar-refractivity contribution is 5.96.